The number of benzene rings is 2. The smallest absolute Gasteiger partial charge is 0.257 e. The van der Waals surface area contributed by atoms with Gasteiger partial charge >= 0.3 is 0 Å². The largest absolute Gasteiger partial charge is 0.334 e. The molecule has 4 rings (SSSR count). The second-order valence-corrected chi connectivity index (χ2v) is 6.21. The molecule has 0 radical (unpaired) electrons. The normalized spacial score (nSPS) is 17.3. The van der Waals surface area contributed by atoms with Gasteiger partial charge in [-0.25, -0.2) is 4.39 Å². The Bertz CT molecular complexity index is 920. The van der Waals surface area contributed by atoms with Crippen LogP contribution >= 0.6 is 0 Å². The van der Waals surface area contributed by atoms with Crippen LogP contribution in [0.5, 0.6) is 0 Å². The first-order valence-electron chi connectivity index (χ1n) is 8.07. The minimum Gasteiger partial charge on any atom is -0.334 e. The lowest BCUT2D eigenvalue weighted by atomic mass is 10.1. The van der Waals surface area contributed by atoms with E-state index in [0.29, 0.717) is 30.4 Å². The SMILES string of the molecule is Cc1cccc(-c2nc(C3CC(=O)N(c4ccc(F)cc4)C3)no2)c1. The molecule has 1 amide bonds. The molecule has 6 heteroatoms. The van der Waals surface area contributed by atoms with Crippen molar-refractivity contribution >= 4 is 11.6 Å². The van der Waals surface area contributed by atoms with Crippen LogP contribution in [0.3, 0.4) is 0 Å². The molecular formula is C19H16FN3O2. The van der Waals surface area contributed by atoms with Crippen LogP contribution in [0.2, 0.25) is 0 Å². The fourth-order valence-corrected chi connectivity index (χ4v) is 3.05. The van der Waals surface area contributed by atoms with Crippen molar-refractivity contribution in [3.8, 4) is 11.5 Å². The summed E-state index contributed by atoms with van der Waals surface area (Å²) >= 11 is 0. The molecular weight excluding hydrogens is 321 g/mol. The predicted octanol–water partition coefficient (Wildman–Crippen LogP) is 3.70. The lowest BCUT2D eigenvalue weighted by Crippen LogP contribution is -2.24. The maximum Gasteiger partial charge on any atom is 0.257 e. The number of hydrogen-bond donors (Lipinski definition) is 0. The Hall–Kier alpha value is -3.02. The van der Waals surface area contributed by atoms with Gasteiger partial charge in [-0.15, -0.1) is 0 Å². The molecule has 1 aliphatic heterocycles. The number of anilines is 1. The summed E-state index contributed by atoms with van der Waals surface area (Å²) in [6.45, 7) is 2.45. The van der Waals surface area contributed by atoms with E-state index in [-0.39, 0.29) is 17.6 Å². The molecule has 3 aromatic rings. The van der Waals surface area contributed by atoms with E-state index in [0.717, 1.165) is 11.1 Å². The van der Waals surface area contributed by atoms with E-state index in [1.54, 1.807) is 17.0 Å². The van der Waals surface area contributed by atoms with Crippen molar-refractivity contribution in [2.24, 2.45) is 0 Å². The van der Waals surface area contributed by atoms with Crippen molar-refractivity contribution < 1.29 is 13.7 Å². The molecule has 126 valence electrons. The Kier molecular flexibility index (Phi) is 3.80. The quantitative estimate of drug-likeness (QED) is 0.731. The van der Waals surface area contributed by atoms with E-state index in [1.165, 1.54) is 12.1 Å². The number of aromatic nitrogens is 2. The van der Waals surface area contributed by atoms with E-state index < -0.39 is 0 Å². The van der Waals surface area contributed by atoms with Crippen molar-refractivity contribution in [1.29, 1.82) is 0 Å². The van der Waals surface area contributed by atoms with Crippen LogP contribution in [-0.4, -0.2) is 22.6 Å². The van der Waals surface area contributed by atoms with E-state index in [1.807, 2.05) is 31.2 Å². The third-order valence-electron chi connectivity index (χ3n) is 4.34. The lowest BCUT2D eigenvalue weighted by molar-refractivity contribution is -0.117. The number of amides is 1. The van der Waals surface area contributed by atoms with Gasteiger partial charge in [0, 0.05) is 30.1 Å². The number of halogens is 1. The van der Waals surface area contributed by atoms with Gasteiger partial charge < -0.3 is 9.42 Å². The summed E-state index contributed by atoms with van der Waals surface area (Å²) < 4.78 is 18.4. The third kappa shape index (κ3) is 3.03. The number of rotatable bonds is 3. The minimum absolute atomic E-state index is 0.0292. The topological polar surface area (TPSA) is 59.2 Å². The van der Waals surface area contributed by atoms with Crippen LogP contribution in [0.1, 0.15) is 23.7 Å². The second kappa shape index (κ2) is 6.12. The highest BCUT2D eigenvalue weighted by Crippen LogP contribution is 2.31. The van der Waals surface area contributed by atoms with Gasteiger partial charge in [0.05, 0.1) is 0 Å². The maximum atomic E-state index is 13.1. The Morgan fingerprint density at radius 2 is 2.00 bits per heavy atom. The molecule has 0 bridgehead atoms. The van der Waals surface area contributed by atoms with Crippen molar-refractivity contribution in [2.45, 2.75) is 19.3 Å². The Morgan fingerprint density at radius 1 is 1.20 bits per heavy atom. The van der Waals surface area contributed by atoms with Gasteiger partial charge in [-0.1, -0.05) is 22.9 Å². The number of carbonyl (C=O) groups is 1. The van der Waals surface area contributed by atoms with E-state index >= 15 is 0 Å². The third-order valence-corrected chi connectivity index (χ3v) is 4.34. The maximum absolute atomic E-state index is 13.1. The molecule has 2 heterocycles. The highest BCUT2D eigenvalue weighted by atomic mass is 19.1. The van der Waals surface area contributed by atoms with Crippen LogP contribution in [-0.2, 0) is 4.79 Å². The van der Waals surface area contributed by atoms with Gasteiger partial charge in [0.2, 0.25) is 5.91 Å². The molecule has 2 aromatic carbocycles. The molecule has 1 fully saturated rings. The van der Waals surface area contributed by atoms with Gasteiger partial charge in [-0.2, -0.15) is 4.98 Å². The van der Waals surface area contributed by atoms with E-state index in [2.05, 4.69) is 10.1 Å². The molecule has 25 heavy (non-hydrogen) atoms. The molecule has 5 nitrogen and oxygen atoms in total. The summed E-state index contributed by atoms with van der Waals surface area (Å²) in [5.74, 6) is 0.479. The highest BCUT2D eigenvalue weighted by molar-refractivity contribution is 5.96. The average molecular weight is 337 g/mol. The first kappa shape index (κ1) is 15.5. The fourth-order valence-electron chi connectivity index (χ4n) is 3.05. The van der Waals surface area contributed by atoms with Crippen molar-refractivity contribution in [1.82, 2.24) is 10.1 Å². The number of hydrogen-bond acceptors (Lipinski definition) is 4. The summed E-state index contributed by atoms with van der Waals surface area (Å²) in [5, 5.41) is 4.06. The molecule has 1 aromatic heterocycles. The van der Waals surface area contributed by atoms with Crippen LogP contribution in [0, 0.1) is 12.7 Å². The molecule has 1 unspecified atom stereocenters. The molecule has 0 saturated carbocycles. The van der Waals surface area contributed by atoms with Gasteiger partial charge in [0.15, 0.2) is 5.82 Å². The zero-order chi connectivity index (χ0) is 17.4. The fraction of sp³-hybridized carbons (Fsp3) is 0.211. The second-order valence-electron chi connectivity index (χ2n) is 6.21. The molecule has 0 spiro atoms. The van der Waals surface area contributed by atoms with Crippen molar-refractivity contribution in [3.05, 3.63) is 65.7 Å². The van der Waals surface area contributed by atoms with Crippen molar-refractivity contribution in [2.75, 3.05) is 11.4 Å². The lowest BCUT2D eigenvalue weighted by Gasteiger charge is -2.15. The first-order valence-corrected chi connectivity index (χ1v) is 8.07. The molecule has 1 atom stereocenters. The van der Waals surface area contributed by atoms with E-state index in [9.17, 15) is 9.18 Å². The molecule has 1 aliphatic rings. The summed E-state index contributed by atoms with van der Waals surface area (Å²) in [4.78, 5) is 18.4. The van der Waals surface area contributed by atoms with Crippen LogP contribution in [0.4, 0.5) is 10.1 Å². The molecule has 0 aliphatic carbocycles. The van der Waals surface area contributed by atoms with E-state index in [4.69, 9.17) is 4.52 Å². The zero-order valence-electron chi connectivity index (χ0n) is 13.6. The van der Waals surface area contributed by atoms with Gasteiger partial charge in [0.1, 0.15) is 5.82 Å². The van der Waals surface area contributed by atoms with Gasteiger partial charge in [-0.3, -0.25) is 4.79 Å². The summed E-state index contributed by atoms with van der Waals surface area (Å²) in [5.41, 5.74) is 2.64. The number of nitrogens with zero attached hydrogens (tertiary/aromatic N) is 3. The van der Waals surface area contributed by atoms with Gasteiger partial charge in [-0.05, 0) is 43.3 Å². The Labute approximate surface area is 144 Å². The number of aryl methyl sites for hydroxylation is 1. The van der Waals surface area contributed by atoms with Crippen molar-refractivity contribution in [3.63, 3.8) is 0 Å². The Morgan fingerprint density at radius 3 is 2.76 bits per heavy atom. The molecule has 1 saturated heterocycles. The average Bonchev–Trinajstić information content (AvgIpc) is 3.23. The standard InChI is InChI=1S/C19H16FN3O2/c1-12-3-2-4-13(9-12)19-21-18(22-25-19)14-10-17(24)23(11-14)16-7-5-15(20)6-8-16/h2-9,14H,10-11H2,1H3. The zero-order valence-corrected chi connectivity index (χ0v) is 13.6. The van der Waals surface area contributed by atoms with Crippen LogP contribution in [0.25, 0.3) is 11.5 Å². The Balaban J connectivity index is 1.55. The molecule has 0 N–H and O–H groups in total. The summed E-state index contributed by atoms with van der Waals surface area (Å²) in [7, 11) is 0. The predicted molar refractivity (Wildman–Crippen MR) is 90.6 cm³/mol. The first-order chi connectivity index (χ1) is 12.1. The minimum atomic E-state index is -0.326. The summed E-state index contributed by atoms with van der Waals surface area (Å²) in [6.07, 6.45) is 0.310. The monoisotopic (exact) mass is 337 g/mol. The number of carbonyl (C=O) groups excluding carboxylic acids is 1. The highest BCUT2D eigenvalue weighted by Gasteiger charge is 2.34. The summed E-state index contributed by atoms with van der Waals surface area (Å²) in [6, 6.07) is 13.7. The van der Waals surface area contributed by atoms with Gasteiger partial charge in [0.25, 0.3) is 5.89 Å². The van der Waals surface area contributed by atoms with Crippen LogP contribution < -0.4 is 4.90 Å². The van der Waals surface area contributed by atoms with Crippen LogP contribution in [0.15, 0.2) is 53.1 Å².